The number of carbonyl (C=O) groups is 1. The minimum absolute atomic E-state index is 0.538. The molecule has 0 amide bonds. The van der Waals surface area contributed by atoms with E-state index in [2.05, 4.69) is 17.1 Å². The molecule has 0 saturated heterocycles. The molecule has 2 aromatic rings. The molecule has 2 heteroatoms. The van der Waals surface area contributed by atoms with Gasteiger partial charge in [0.2, 0.25) is 0 Å². The highest BCUT2D eigenvalue weighted by Gasteiger charge is 2.28. The molecular weight excluding hydrogens is 186 g/mol. The number of carbonyl (C=O) groups excluding carboxylic acids is 1. The zero-order valence-corrected chi connectivity index (χ0v) is 8.49. The Labute approximate surface area is 88.3 Å². The number of rotatable bonds is 3. The van der Waals surface area contributed by atoms with Crippen LogP contribution in [0.2, 0.25) is 0 Å². The van der Waals surface area contributed by atoms with Gasteiger partial charge in [0.15, 0.2) is 0 Å². The normalized spacial score (nSPS) is 15.7. The smallest absolute Gasteiger partial charge is 0.124 e. The third-order valence-corrected chi connectivity index (χ3v) is 3.12. The first kappa shape index (κ1) is 8.72. The number of aromatic nitrogens is 1. The van der Waals surface area contributed by atoms with Crippen molar-refractivity contribution in [1.82, 2.24) is 4.98 Å². The Morgan fingerprint density at radius 2 is 2.13 bits per heavy atom. The predicted octanol–water partition coefficient (Wildman–Crippen LogP) is 2.79. The van der Waals surface area contributed by atoms with Crippen molar-refractivity contribution >= 4 is 17.2 Å². The quantitative estimate of drug-likeness (QED) is 0.757. The van der Waals surface area contributed by atoms with Crippen LogP contribution in [-0.2, 0) is 11.2 Å². The largest absolute Gasteiger partial charge is 0.358 e. The average molecular weight is 199 g/mol. The van der Waals surface area contributed by atoms with Crippen molar-refractivity contribution in [3.05, 3.63) is 35.5 Å². The molecule has 1 fully saturated rings. The number of fused-ring (bicyclic) bond motifs is 1. The summed E-state index contributed by atoms with van der Waals surface area (Å²) in [6.07, 6.45) is 4.06. The van der Waals surface area contributed by atoms with E-state index in [-0.39, 0.29) is 0 Å². The van der Waals surface area contributed by atoms with Gasteiger partial charge in [-0.1, -0.05) is 18.2 Å². The van der Waals surface area contributed by atoms with Crippen molar-refractivity contribution in [2.24, 2.45) is 0 Å². The summed E-state index contributed by atoms with van der Waals surface area (Å²) >= 11 is 0. The van der Waals surface area contributed by atoms with Gasteiger partial charge in [-0.3, -0.25) is 0 Å². The number of benzene rings is 1. The maximum absolute atomic E-state index is 10.7. The molecule has 1 saturated carbocycles. The van der Waals surface area contributed by atoms with E-state index >= 15 is 0 Å². The summed E-state index contributed by atoms with van der Waals surface area (Å²) in [4.78, 5) is 14.1. The van der Waals surface area contributed by atoms with E-state index in [4.69, 9.17) is 0 Å². The molecular formula is C13H13NO. The fourth-order valence-electron chi connectivity index (χ4n) is 2.24. The zero-order valence-electron chi connectivity index (χ0n) is 8.49. The van der Waals surface area contributed by atoms with Crippen LogP contribution in [0.3, 0.4) is 0 Å². The molecule has 76 valence electrons. The van der Waals surface area contributed by atoms with E-state index in [1.54, 1.807) is 0 Å². The lowest BCUT2D eigenvalue weighted by atomic mass is 10.1. The molecule has 0 spiro atoms. The summed E-state index contributed by atoms with van der Waals surface area (Å²) in [6, 6.07) is 8.23. The van der Waals surface area contributed by atoms with Crippen LogP contribution >= 0.6 is 0 Å². The maximum atomic E-state index is 10.7. The Balaban J connectivity index is 2.23. The number of nitrogens with one attached hydrogen (secondary N) is 1. The van der Waals surface area contributed by atoms with Crippen LogP contribution in [0.5, 0.6) is 0 Å². The number of aldehydes is 1. The van der Waals surface area contributed by atoms with E-state index in [1.165, 1.54) is 29.5 Å². The molecule has 1 aliphatic rings. The summed E-state index contributed by atoms with van der Waals surface area (Å²) in [5.41, 5.74) is 3.67. The lowest BCUT2D eigenvalue weighted by molar-refractivity contribution is -0.107. The second-order valence-corrected chi connectivity index (χ2v) is 4.21. The van der Waals surface area contributed by atoms with E-state index in [9.17, 15) is 4.79 Å². The molecule has 1 N–H and O–H groups in total. The van der Waals surface area contributed by atoms with Crippen molar-refractivity contribution in [3.8, 4) is 0 Å². The lowest BCUT2D eigenvalue weighted by Crippen LogP contribution is -1.90. The molecule has 1 aromatic carbocycles. The predicted molar refractivity (Wildman–Crippen MR) is 60.0 cm³/mol. The van der Waals surface area contributed by atoms with Crippen LogP contribution in [0, 0.1) is 0 Å². The van der Waals surface area contributed by atoms with Gasteiger partial charge in [-0.15, -0.1) is 0 Å². The fraction of sp³-hybridized carbons (Fsp3) is 0.308. The Morgan fingerprint density at radius 3 is 2.87 bits per heavy atom. The van der Waals surface area contributed by atoms with Crippen LogP contribution in [0.1, 0.15) is 30.0 Å². The number of hydrogen-bond acceptors (Lipinski definition) is 1. The molecule has 0 radical (unpaired) electrons. The first-order chi connectivity index (χ1) is 7.40. The van der Waals surface area contributed by atoms with Crippen molar-refractivity contribution in [2.45, 2.75) is 25.2 Å². The minimum Gasteiger partial charge on any atom is -0.358 e. The van der Waals surface area contributed by atoms with Gasteiger partial charge in [0, 0.05) is 23.0 Å². The standard InChI is InChI=1S/C13H13NO/c15-8-7-11-10-3-1-2-4-12(10)14-13(11)9-5-6-9/h1-4,8-9,14H,5-7H2. The van der Waals surface area contributed by atoms with E-state index in [0.717, 1.165) is 11.8 Å². The van der Waals surface area contributed by atoms with Gasteiger partial charge in [0.25, 0.3) is 0 Å². The van der Waals surface area contributed by atoms with E-state index in [0.29, 0.717) is 12.3 Å². The zero-order chi connectivity index (χ0) is 10.3. The van der Waals surface area contributed by atoms with Crippen molar-refractivity contribution in [2.75, 3.05) is 0 Å². The number of H-pyrrole nitrogens is 1. The molecule has 1 aliphatic carbocycles. The molecule has 15 heavy (non-hydrogen) atoms. The van der Waals surface area contributed by atoms with Gasteiger partial charge < -0.3 is 9.78 Å². The average Bonchev–Trinajstić information content (AvgIpc) is 3.04. The van der Waals surface area contributed by atoms with Crippen molar-refractivity contribution in [1.29, 1.82) is 0 Å². The molecule has 1 aromatic heterocycles. The highest BCUT2D eigenvalue weighted by Crippen LogP contribution is 2.43. The summed E-state index contributed by atoms with van der Waals surface area (Å²) in [6.45, 7) is 0. The second-order valence-electron chi connectivity index (χ2n) is 4.21. The number of para-hydroxylation sites is 1. The Kier molecular flexibility index (Phi) is 1.88. The van der Waals surface area contributed by atoms with Gasteiger partial charge >= 0.3 is 0 Å². The van der Waals surface area contributed by atoms with Gasteiger partial charge in [-0.05, 0) is 30.4 Å². The monoisotopic (exact) mass is 199 g/mol. The van der Waals surface area contributed by atoms with Gasteiger partial charge in [-0.25, -0.2) is 0 Å². The summed E-state index contributed by atoms with van der Waals surface area (Å²) in [7, 11) is 0. The SMILES string of the molecule is O=CCc1c(C2CC2)[nH]c2ccccc12. The Bertz CT molecular complexity index is 508. The molecule has 0 aliphatic heterocycles. The van der Waals surface area contributed by atoms with Crippen LogP contribution in [0.15, 0.2) is 24.3 Å². The number of aromatic amines is 1. The number of hydrogen-bond donors (Lipinski definition) is 1. The fourth-order valence-corrected chi connectivity index (χ4v) is 2.24. The lowest BCUT2D eigenvalue weighted by Gasteiger charge is -1.97. The van der Waals surface area contributed by atoms with Crippen LogP contribution in [0.4, 0.5) is 0 Å². The summed E-state index contributed by atoms with van der Waals surface area (Å²) in [5.74, 6) is 0.673. The van der Waals surface area contributed by atoms with E-state index in [1.807, 2.05) is 12.1 Å². The third-order valence-electron chi connectivity index (χ3n) is 3.12. The Hall–Kier alpha value is -1.57. The maximum Gasteiger partial charge on any atom is 0.124 e. The van der Waals surface area contributed by atoms with Crippen LogP contribution in [-0.4, -0.2) is 11.3 Å². The van der Waals surface area contributed by atoms with Crippen LogP contribution < -0.4 is 0 Å². The van der Waals surface area contributed by atoms with Gasteiger partial charge in [0.1, 0.15) is 6.29 Å². The highest BCUT2D eigenvalue weighted by atomic mass is 16.1. The topological polar surface area (TPSA) is 32.9 Å². The molecule has 0 bridgehead atoms. The third kappa shape index (κ3) is 1.37. The van der Waals surface area contributed by atoms with E-state index < -0.39 is 0 Å². The molecule has 0 unspecified atom stereocenters. The molecule has 1 heterocycles. The minimum atomic E-state index is 0.538. The summed E-state index contributed by atoms with van der Waals surface area (Å²) in [5, 5.41) is 1.21. The Morgan fingerprint density at radius 1 is 1.33 bits per heavy atom. The first-order valence-corrected chi connectivity index (χ1v) is 5.43. The molecule has 0 atom stereocenters. The van der Waals surface area contributed by atoms with Gasteiger partial charge in [0.05, 0.1) is 0 Å². The highest BCUT2D eigenvalue weighted by molar-refractivity contribution is 5.87. The van der Waals surface area contributed by atoms with Gasteiger partial charge in [-0.2, -0.15) is 0 Å². The summed E-state index contributed by atoms with van der Waals surface area (Å²) < 4.78 is 0. The molecule has 2 nitrogen and oxygen atoms in total. The van der Waals surface area contributed by atoms with Crippen LogP contribution in [0.25, 0.3) is 10.9 Å². The molecule has 3 rings (SSSR count). The van der Waals surface area contributed by atoms with Crippen molar-refractivity contribution in [3.63, 3.8) is 0 Å². The second kappa shape index (κ2) is 3.23. The van der Waals surface area contributed by atoms with Crippen molar-refractivity contribution < 1.29 is 4.79 Å². The first-order valence-electron chi connectivity index (χ1n) is 5.43.